The molecule has 0 fully saturated rings. The molecule has 1 nitrogen and oxygen atoms in total. The van der Waals surface area contributed by atoms with Crippen LogP contribution in [0.15, 0.2) is 0 Å². The summed E-state index contributed by atoms with van der Waals surface area (Å²) in [4.78, 5) is 0. The van der Waals surface area contributed by atoms with E-state index in [0.717, 1.165) is 0 Å². The predicted molar refractivity (Wildman–Crippen MR) is 23.7 cm³/mol. The van der Waals surface area contributed by atoms with Crippen molar-refractivity contribution >= 4 is 87.1 Å². The van der Waals surface area contributed by atoms with Crippen molar-refractivity contribution in [3.63, 3.8) is 0 Å². The molecule has 0 unspecified atom stereocenters. The first-order valence-corrected chi connectivity index (χ1v) is 1.79. The van der Waals surface area contributed by atoms with Gasteiger partial charge in [-0.2, -0.15) is 0 Å². The monoisotopic (exact) mass is 601 g/mol. The molecule has 0 aliphatic carbocycles. The van der Waals surface area contributed by atoms with Gasteiger partial charge in [0, 0.05) is 88.6 Å². The summed E-state index contributed by atoms with van der Waals surface area (Å²) in [5, 5.41) is 0. The molecular formula is CdGaGeOPbSn. The molecule has 0 heterocycles. The van der Waals surface area contributed by atoms with Gasteiger partial charge in [-0.3, -0.25) is 0 Å². The average Bonchev–Trinajstić information content (AvgIpc) is 1.00. The molecule has 6 heavy (non-hydrogen) atoms. The maximum absolute atomic E-state index is 8.39. The smallest absolute Gasteiger partial charge is 0 e. The normalized spacial score (nSPS) is 0.667. The van der Waals surface area contributed by atoms with E-state index in [1.165, 1.54) is 0 Å². The number of hydrogen-bond acceptors (Lipinski definition) is 1. The van der Waals surface area contributed by atoms with Gasteiger partial charge in [-0.1, -0.05) is 0 Å². The summed E-state index contributed by atoms with van der Waals surface area (Å²) in [5.41, 5.74) is 0. The molecule has 0 N–H and O–H groups in total. The second-order valence-corrected chi connectivity index (χ2v) is 0. The Kier molecular flexibility index (Phi) is 213. The maximum atomic E-state index is 8.39. The molecule has 0 spiro atoms. The van der Waals surface area contributed by atoms with E-state index in [1.807, 2.05) is 0 Å². The Morgan fingerprint density at radius 3 is 1.17 bits per heavy atom. The van der Waals surface area contributed by atoms with Crippen molar-refractivity contribution in [1.29, 1.82) is 0 Å². The van der Waals surface area contributed by atoms with Crippen molar-refractivity contribution in [3.05, 3.63) is 0 Å². The minimum Gasteiger partial charge on any atom is 0 e. The van der Waals surface area contributed by atoms with Gasteiger partial charge in [-0.15, -0.1) is 0 Å². The van der Waals surface area contributed by atoms with Crippen molar-refractivity contribution < 1.29 is 30.0 Å². The van der Waals surface area contributed by atoms with E-state index in [1.54, 1.807) is 0 Å². The summed E-state index contributed by atoms with van der Waals surface area (Å²) in [6.45, 7) is 0. The Hall–Kier alpha value is 3.62. The summed E-state index contributed by atoms with van der Waals surface area (Å²) in [5.74, 6) is 0. The maximum Gasteiger partial charge on any atom is 0 e. The second-order valence-electron chi connectivity index (χ2n) is 0. The molecular weight excluding hydrogens is 597 g/mol. The SMILES string of the molecule is [Cd].[Ga].[Ge].[O]=[Pb].[Sn]. The molecule has 0 bridgehead atoms. The van der Waals surface area contributed by atoms with E-state index in [9.17, 15) is 0 Å². The third kappa shape index (κ3) is 25.5. The van der Waals surface area contributed by atoms with Crippen LogP contribution in [-0.4, -0.2) is 87.1 Å². The Bertz CT molecular complexity index is 15.5. The van der Waals surface area contributed by atoms with Gasteiger partial charge in [-0.05, 0) is 0 Å². The zero-order valence-electron chi connectivity index (χ0n) is 3.19. The van der Waals surface area contributed by atoms with Gasteiger partial charge in [-0.25, -0.2) is 0 Å². The molecule has 23 valence electrons. The zero-order chi connectivity index (χ0) is 2.00. The van der Waals surface area contributed by atoms with Gasteiger partial charge in [0.2, 0.25) is 0 Å². The van der Waals surface area contributed by atoms with Gasteiger partial charge >= 0.3 is 28.5 Å². The van der Waals surface area contributed by atoms with E-state index in [2.05, 4.69) is 0 Å². The van der Waals surface area contributed by atoms with Crippen LogP contribution in [0.3, 0.4) is 0 Å². The van der Waals surface area contributed by atoms with E-state index < -0.39 is 0 Å². The van der Waals surface area contributed by atoms with Crippen molar-refractivity contribution in [2.45, 2.75) is 0 Å². The fourth-order valence-electron chi connectivity index (χ4n) is 0. The van der Waals surface area contributed by atoms with E-state index in [4.69, 9.17) is 2.69 Å². The Labute approximate surface area is 114 Å². The van der Waals surface area contributed by atoms with E-state index >= 15 is 0 Å². The first-order chi connectivity index (χ1) is 1.00. The topological polar surface area (TPSA) is 17.1 Å². The predicted octanol–water partition coefficient (Wildman–Crippen LogP) is -1.64. The van der Waals surface area contributed by atoms with Crippen LogP contribution in [0.4, 0.5) is 0 Å². The first kappa shape index (κ1) is 33.5. The average molecular weight is 597 g/mol. The number of rotatable bonds is 0. The van der Waals surface area contributed by atoms with Crippen molar-refractivity contribution in [3.8, 4) is 0 Å². The van der Waals surface area contributed by atoms with Gasteiger partial charge in [0.15, 0.2) is 0 Å². The summed E-state index contributed by atoms with van der Waals surface area (Å²) in [6, 6.07) is 0. The largest absolute Gasteiger partial charge is 0 e. The van der Waals surface area contributed by atoms with Crippen LogP contribution in [0.2, 0.25) is 0 Å². The van der Waals surface area contributed by atoms with Crippen LogP contribution in [0.5, 0.6) is 0 Å². The van der Waals surface area contributed by atoms with Crippen molar-refractivity contribution in [2.75, 3.05) is 0 Å². The summed E-state index contributed by atoms with van der Waals surface area (Å²) < 4.78 is 8.39. The summed E-state index contributed by atoms with van der Waals surface area (Å²) in [7, 11) is 0. The van der Waals surface area contributed by atoms with Crippen LogP contribution < -0.4 is 0 Å². The summed E-state index contributed by atoms with van der Waals surface area (Å²) in [6.07, 6.45) is 0. The van der Waals surface area contributed by atoms with Crippen LogP contribution in [0.25, 0.3) is 0 Å². The number of hydrogen-bond donors (Lipinski definition) is 0. The second kappa shape index (κ2) is 38.2. The standard InChI is InChI=1S/Cd.Ga.Ge.O.Pb.Sn. The molecule has 0 saturated heterocycles. The first-order valence-electron chi connectivity index (χ1n) is 0.204. The summed E-state index contributed by atoms with van der Waals surface area (Å²) >= 11 is 0.0556. The van der Waals surface area contributed by atoms with Crippen LogP contribution in [-0.2, 0) is 30.0 Å². The molecule has 0 aromatic heterocycles. The molecule has 0 rings (SSSR count). The zero-order valence-corrected chi connectivity index (χ0v) is 18.5. The van der Waals surface area contributed by atoms with Gasteiger partial charge in [0.25, 0.3) is 0 Å². The minimum absolute atomic E-state index is 0. The van der Waals surface area contributed by atoms with Crippen molar-refractivity contribution in [1.82, 2.24) is 0 Å². The molecule has 13 radical (unpaired) electrons. The Morgan fingerprint density at radius 2 is 1.17 bits per heavy atom. The third-order valence-electron chi connectivity index (χ3n) is 0. The Balaban J connectivity index is -0.000000000833. The van der Waals surface area contributed by atoms with Gasteiger partial charge in [0.1, 0.15) is 0 Å². The van der Waals surface area contributed by atoms with Crippen LogP contribution in [0.1, 0.15) is 0 Å². The van der Waals surface area contributed by atoms with E-state index in [-0.39, 0.29) is 114 Å². The van der Waals surface area contributed by atoms with Gasteiger partial charge < -0.3 is 0 Å². The molecule has 0 aromatic carbocycles. The fourth-order valence-corrected chi connectivity index (χ4v) is 0. The van der Waals surface area contributed by atoms with Crippen molar-refractivity contribution in [2.24, 2.45) is 0 Å². The minimum atomic E-state index is 0. The molecule has 0 amide bonds. The van der Waals surface area contributed by atoms with Crippen LogP contribution >= 0.6 is 0 Å². The third-order valence-corrected chi connectivity index (χ3v) is 0. The molecule has 0 atom stereocenters. The molecule has 0 aliphatic heterocycles. The van der Waals surface area contributed by atoms with Gasteiger partial charge in [0.05, 0.1) is 0 Å². The molecule has 6 heteroatoms. The van der Waals surface area contributed by atoms with Crippen LogP contribution in [0, 0.1) is 0 Å². The van der Waals surface area contributed by atoms with E-state index in [0.29, 0.717) is 0 Å². The molecule has 0 aliphatic rings. The Morgan fingerprint density at radius 1 is 1.17 bits per heavy atom. The quantitative estimate of drug-likeness (QED) is 0.307. The molecule has 0 saturated carbocycles. The fraction of sp³-hybridized carbons (Fsp3) is 0. The molecule has 0 aromatic rings.